The van der Waals surface area contributed by atoms with Crippen LogP contribution in [0.3, 0.4) is 0 Å². The van der Waals surface area contributed by atoms with Crippen molar-refractivity contribution in [2.75, 3.05) is 5.32 Å². The van der Waals surface area contributed by atoms with E-state index in [2.05, 4.69) is 26.2 Å². The molecule has 94 valence electrons. The SMILES string of the molecule is N#Cc1ccc(NC(=O)c2ccnc(Br)c2)cc1Cl. The molecule has 0 aliphatic carbocycles. The number of nitriles is 1. The number of hydrogen-bond donors (Lipinski definition) is 1. The Hall–Kier alpha value is -1.90. The van der Waals surface area contributed by atoms with Gasteiger partial charge in [0, 0.05) is 17.4 Å². The molecule has 2 rings (SSSR count). The van der Waals surface area contributed by atoms with E-state index in [9.17, 15) is 4.79 Å². The Labute approximate surface area is 123 Å². The molecule has 0 atom stereocenters. The van der Waals surface area contributed by atoms with E-state index < -0.39 is 0 Å². The van der Waals surface area contributed by atoms with Crippen LogP contribution in [0.1, 0.15) is 15.9 Å². The maximum absolute atomic E-state index is 12.0. The number of benzene rings is 1. The molecule has 4 nitrogen and oxygen atoms in total. The summed E-state index contributed by atoms with van der Waals surface area (Å²) < 4.78 is 0.581. The zero-order valence-corrected chi connectivity index (χ0v) is 11.9. The molecule has 1 amide bonds. The van der Waals surface area contributed by atoms with Crippen LogP contribution in [0.15, 0.2) is 41.1 Å². The minimum atomic E-state index is -0.274. The molecule has 0 saturated heterocycles. The van der Waals surface area contributed by atoms with E-state index in [0.717, 1.165) is 0 Å². The molecule has 6 heteroatoms. The van der Waals surface area contributed by atoms with E-state index in [0.29, 0.717) is 26.4 Å². The Kier molecular flexibility index (Phi) is 4.15. The largest absolute Gasteiger partial charge is 0.322 e. The van der Waals surface area contributed by atoms with Crippen molar-refractivity contribution in [2.45, 2.75) is 0 Å². The van der Waals surface area contributed by atoms with Gasteiger partial charge in [0.25, 0.3) is 5.91 Å². The van der Waals surface area contributed by atoms with Crippen LogP contribution in [0, 0.1) is 11.3 Å². The molecule has 0 spiro atoms. The lowest BCUT2D eigenvalue weighted by Gasteiger charge is -2.06. The predicted octanol–water partition coefficient (Wildman–Crippen LogP) is 3.62. The summed E-state index contributed by atoms with van der Waals surface area (Å²) >= 11 is 9.09. The molecule has 0 unspecified atom stereocenters. The first-order chi connectivity index (χ1) is 9.10. The van der Waals surface area contributed by atoms with Gasteiger partial charge in [-0.3, -0.25) is 4.79 Å². The van der Waals surface area contributed by atoms with Crippen molar-refractivity contribution in [3.8, 4) is 6.07 Å². The summed E-state index contributed by atoms with van der Waals surface area (Å²) in [6.07, 6.45) is 1.53. The van der Waals surface area contributed by atoms with Crippen LogP contribution in [0.2, 0.25) is 5.02 Å². The van der Waals surface area contributed by atoms with Gasteiger partial charge in [-0.1, -0.05) is 11.6 Å². The maximum atomic E-state index is 12.0. The molecule has 0 saturated carbocycles. The lowest BCUT2D eigenvalue weighted by molar-refractivity contribution is 0.102. The van der Waals surface area contributed by atoms with E-state index in [1.54, 1.807) is 24.3 Å². The van der Waals surface area contributed by atoms with Gasteiger partial charge < -0.3 is 5.32 Å². The fourth-order valence-electron chi connectivity index (χ4n) is 1.43. The van der Waals surface area contributed by atoms with Crippen molar-refractivity contribution in [1.82, 2.24) is 4.98 Å². The number of carbonyl (C=O) groups is 1. The molecule has 0 fully saturated rings. The van der Waals surface area contributed by atoms with Crippen molar-refractivity contribution in [3.63, 3.8) is 0 Å². The monoisotopic (exact) mass is 335 g/mol. The van der Waals surface area contributed by atoms with Gasteiger partial charge in [0.05, 0.1) is 10.6 Å². The molecule has 1 heterocycles. The van der Waals surface area contributed by atoms with Gasteiger partial charge >= 0.3 is 0 Å². The highest BCUT2D eigenvalue weighted by Gasteiger charge is 2.08. The summed E-state index contributed by atoms with van der Waals surface area (Å²) in [5.41, 5.74) is 1.37. The molecule has 0 bridgehead atoms. The smallest absolute Gasteiger partial charge is 0.255 e. The number of carbonyl (C=O) groups excluding carboxylic acids is 1. The number of nitrogens with zero attached hydrogens (tertiary/aromatic N) is 2. The average molecular weight is 337 g/mol. The topological polar surface area (TPSA) is 65.8 Å². The number of pyridine rings is 1. The fraction of sp³-hybridized carbons (Fsp3) is 0. The number of halogens is 2. The van der Waals surface area contributed by atoms with E-state index >= 15 is 0 Å². The lowest BCUT2D eigenvalue weighted by atomic mass is 10.2. The highest BCUT2D eigenvalue weighted by molar-refractivity contribution is 9.10. The van der Waals surface area contributed by atoms with Gasteiger partial charge in [-0.25, -0.2) is 4.98 Å². The van der Waals surface area contributed by atoms with Gasteiger partial charge in [0.15, 0.2) is 0 Å². The van der Waals surface area contributed by atoms with Crippen molar-refractivity contribution in [3.05, 3.63) is 57.3 Å². The van der Waals surface area contributed by atoms with Gasteiger partial charge in [0.2, 0.25) is 0 Å². The van der Waals surface area contributed by atoms with Crippen molar-refractivity contribution in [1.29, 1.82) is 5.26 Å². The highest BCUT2D eigenvalue weighted by Crippen LogP contribution is 2.21. The molecule has 2 aromatic rings. The summed E-state index contributed by atoms with van der Waals surface area (Å²) in [6.45, 7) is 0. The zero-order valence-electron chi connectivity index (χ0n) is 9.52. The number of rotatable bonds is 2. The van der Waals surface area contributed by atoms with Crippen molar-refractivity contribution >= 4 is 39.1 Å². The Balaban J connectivity index is 2.20. The molecule has 0 radical (unpaired) electrons. The molecule has 0 aliphatic heterocycles. The lowest BCUT2D eigenvalue weighted by Crippen LogP contribution is -2.12. The standard InChI is InChI=1S/C13H7BrClN3O/c14-12-5-8(3-4-17-12)13(19)18-10-2-1-9(7-16)11(15)6-10/h1-6H,(H,18,19). The van der Waals surface area contributed by atoms with Crippen LogP contribution < -0.4 is 5.32 Å². The normalized spacial score (nSPS) is 9.74. The molecule has 0 aliphatic rings. The van der Waals surface area contributed by atoms with Gasteiger partial charge in [-0.2, -0.15) is 5.26 Å². The number of anilines is 1. The van der Waals surface area contributed by atoms with E-state index in [1.807, 2.05) is 6.07 Å². The summed E-state index contributed by atoms with van der Waals surface area (Å²) in [4.78, 5) is 15.9. The fourth-order valence-corrected chi connectivity index (χ4v) is 2.02. The zero-order chi connectivity index (χ0) is 13.8. The second kappa shape index (κ2) is 5.83. The minimum absolute atomic E-state index is 0.274. The summed E-state index contributed by atoms with van der Waals surface area (Å²) in [6, 6.07) is 9.89. The Morgan fingerprint density at radius 2 is 2.16 bits per heavy atom. The number of amides is 1. The quantitative estimate of drug-likeness (QED) is 0.852. The Morgan fingerprint density at radius 1 is 1.37 bits per heavy atom. The van der Waals surface area contributed by atoms with Crippen molar-refractivity contribution in [2.24, 2.45) is 0 Å². The number of aromatic nitrogens is 1. The average Bonchev–Trinajstić information content (AvgIpc) is 2.39. The van der Waals surface area contributed by atoms with E-state index in [1.165, 1.54) is 12.3 Å². The van der Waals surface area contributed by atoms with Crippen LogP contribution in [0.25, 0.3) is 0 Å². The number of nitrogens with one attached hydrogen (secondary N) is 1. The molecular weight excluding hydrogens is 330 g/mol. The van der Waals surface area contributed by atoms with Crippen molar-refractivity contribution < 1.29 is 4.79 Å². The Bertz CT molecular complexity index is 682. The van der Waals surface area contributed by atoms with Crippen LogP contribution in [-0.4, -0.2) is 10.9 Å². The molecule has 1 N–H and O–H groups in total. The second-order valence-corrected chi connectivity index (χ2v) is 4.85. The minimum Gasteiger partial charge on any atom is -0.322 e. The molecule has 19 heavy (non-hydrogen) atoms. The first kappa shape index (κ1) is 13.5. The highest BCUT2D eigenvalue weighted by atomic mass is 79.9. The van der Waals surface area contributed by atoms with Crippen LogP contribution >= 0.6 is 27.5 Å². The second-order valence-electron chi connectivity index (χ2n) is 3.63. The van der Waals surface area contributed by atoms with Crippen LogP contribution in [0.4, 0.5) is 5.69 Å². The third kappa shape index (κ3) is 3.31. The molecular formula is C13H7BrClN3O. The van der Waals surface area contributed by atoms with Crippen LogP contribution in [0.5, 0.6) is 0 Å². The Morgan fingerprint density at radius 3 is 2.79 bits per heavy atom. The van der Waals surface area contributed by atoms with Gasteiger partial charge in [-0.15, -0.1) is 0 Å². The summed E-state index contributed by atoms with van der Waals surface area (Å²) in [7, 11) is 0. The third-order valence-corrected chi connectivity index (χ3v) is 3.08. The maximum Gasteiger partial charge on any atom is 0.255 e. The number of hydrogen-bond acceptors (Lipinski definition) is 3. The van der Waals surface area contributed by atoms with E-state index in [-0.39, 0.29) is 5.91 Å². The molecule has 1 aromatic heterocycles. The predicted molar refractivity (Wildman–Crippen MR) is 76.1 cm³/mol. The third-order valence-electron chi connectivity index (χ3n) is 2.34. The molecule has 1 aromatic carbocycles. The van der Waals surface area contributed by atoms with Crippen LogP contribution in [-0.2, 0) is 0 Å². The summed E-state index contributed by atoms with van der Waals surface area (Å²) in [5, 5.41) is 11.8. The first-order valence-corrected chi connectivity index (χ1v) is 6.40. The van der Waals surface area contributed by atoms with Gasteiger partial charge in [0.1, 0.15) is 10.7 Å². The van der Waals surface area contributed by atoms with E-state index in [4.69, 9.17) is 16.9 Å². The summed E-state index contributed by atoms with van der Waals surface area (Å²) in [5.74, 6) is -0.274. The van der Waals surface area contributed by atoms with Gasteiger partial charge in [-0.05, 0) is 46.3 Å². The first-order valence-electron chi connectivity index (χ1n) is 5.22.